The molecule has 0 radical (unpaired) electrons. The molecule has 0 bridgehead atoms. The normalized spacial score (nSPS) is 18.3. The van der Waals surface area contributed by atoms with E-state index in [-0.39, 0.29) is 36.0 Å². The van der Waals surface area contributed by atoms with E-state index in [1.54, 1.807) is 24.3 Å². The van der Waals surface area contributed by atoms with Crippen LogP contribution in [0.1, 0.15) is 41.6 Å². The van der Waals surface area contributed by atoms with Crippen molar-refractivity contribution >= 4 is 35.8 Å². The van der Waals surface area contributed by atoms with E-state index >= 15 is 0 Å². The Morgan fingerprint density at radius 2 is 1.58 bits per heavy atom. The molecule has 4 aromatic rings. The average Bonchev–Trinajstić information content (AvgIpc) is 3.67. The number of hydrogen-bond acceptors (Lipinski definition) is 8. The quantitative estimate of drug-likeness (QED) is 0.171. The number of carbonyl (C=O) groups excluding carboxylic acids is 3. The minimum atomic E-state index is -0.793. The summed E-state index contributed by atoms with van der Waals surface area (Å²) >= 11 is 0. The fourth-order valence-electron chi connectivity index (χ4n) is 6.39. The predicted octanol–water partition coefficient (Wildman–Crippen LogP) is 3.43. The molecule has 12 nitrogen and oxygen atoms in total. The van der Waals surface area contributed by atoms with E-state index in [2.05, 4.69) is 36.6 Å². The van der Waals surface area contributed by atoms with Gasteiger partial charge in [-0.3, -0.25) is 14.4 Å². The van der Waals surface area contributed by atoms with Gasteiger partial charge in [0.25, 0.3) is 5.91 Å². The molecule has 3 amide bonds. The molecule has 6 rings (SSSR count). The van der Waals surface area contributed by atoms with Crippen molar-refractivity contribution < 1.29 is 14.4 Å². The molecule has 2 heterocycles. The lowest BCUT2D eigenvalue weighted by Crippen LogP contribution is -2.48. The van der Waals surface area contributed by atoms with Gasteiger partial charge in [0.05, 0.1) is 0 Å². The van der Waals surface area contributed by atoms with Crippen LogP contribution >= 0.6 is 12.4 Å². The van der Waals surface area contributed by atoms with Crippen LogP contribution in [0.2, 0.25) is 0 Å². The Labute approximate surface area is 286 Å². The van der Waals surface area contributed by atoms with Crippen molar-refractivity contribution in [2.45, 2.75) is 38.1 Å². The highest BCUT2D eigenvalue weighted by atomic mass is 35.5. The number of aromatic nitrogens is 4. The smallest absolute Gasteiger partial charge is 0.254 e. The molecule has 252 valence electrons. The molecule has 0 unspecified atom stereocenters. The van der Waals surface area contributed by atoms with E-state index in [1.807, 2.05) is 53.4 Å². The Morgan fingerprint density at radius 1 is 0.896 bits per heavy atom. The lowest BCUT2D eigenvalue weighted by molar-refractivity contribution is -0.130. The van der Waals surface area contributed by atoms with Crippen LogP contribution in [-0.2, 0) is 16.0 Å². The number of H-pyrrole nitrogens is 1. The zero-order valence-corrected chi connectivity index (χ0v) is 27.5. The highest BCUT2D eigenvalue weighted by Gasteiger charge is 2.29. The van der Waals surface area contributed by atoms with Crippen LogP contribution in [-0.4, -0.2) is 82.0 Å². The zero-order valence-electron chi connectivity index (χ0n) is 26.7. The standard InChI is InChI=1S/C35H41N9O3.ClH/c36-22-24-7-11-27(12-8-24)33(45)39-31(34(46)38-28-15-13-26(14-16-28)32-40-42-43-41-32)21-23-5-9-25(10-6-23)29-3-1-2-4-30(29)35(47)44-19-17-37-18-20-44;/h1-6,9-10,13-16,24,27,31,37H,7-8,11-12,17-22,36H2,(H,38,46)(H,39,45)(H,40,41,42,43);1H/t24?,27?,31-;/m0./s1. The highest BCUT2D eigenvalue weighted by Crippen LogP contribution is 2.29. The Bertz CT molecular complexity index is 1650. The van der Waals surface area contributed by atoms with E-state index in [1.165, 1.54) is 0 Å². The summed E-state index contributed by atoms with van der Waals surface area (Å²) in [6, 6.07) is 21.9. The third kappa shape index (κ3) is 8.43. The third-order valence-electron chi connectivity index (χ3n) is 9.21. The molecule has 1 saturated heterocycles. The summed E-state index contributed by atoms with van der Waals surface area (Å²) in [5.41, 5.74) is 10.5. The number of halogens is 1. The molecule has 48 heavy (non-hydrogen) atoms. The number of nitrogens with two attached hydrogens (primary N) is 1. The summed E-state index contributed by atoms with van der Waals surface area (Å²) in [5.74, 6) is 0.370. The molecule has 1 saturated carbocycles. The maximum absolute atomic E-state index is 13.7. The van der Waals surface area contributed by atoms with Gasteiger partial charge < -0.3 is 26.6 Å². The Morgan fingerprint density at radius 3 is 2.25 bits per heavy atom. The summed E-state index contributed by atoms with van der Waals surface area (Å²) < 4.78 is 0. The number of rotatable bonds is 10. The number of tetrazole rings is 1. The number of amides is 3. The molecule has 0 spiro atoms. The van der Waals surface area contributed by atoms with Gasteiger partial charge >= 0.3 is 0 Å². The predicted molar refractivity (Wildman–Crippen MR) is 186 cm³/mol. The summed E-state index contributed by atoms with van der Waals surface area (Å²) in [7, 11) is 0. The number of nitrogens with zero attached hydrogens (tertiary/aromatic N) is 4. The minimum absolute atomic E-state index is 0. The minimum Gasteiger partial charge on any atom is -0.344 e. The monoisotopic (exact) mass is 671 g/mol. The first-order valence-corrected chi connectivity index (χ1v) is 16.3. The molecule has 2 fully saturated rings. The molecule has 3 aromatic carbocycles. The van der Waals surface area contributed by atoms with Crippen molar-refractivity contribution in [3.05, 3.63) is 83.9 Å². The van der Waals surface area contributed by atoms with Crippen LogP contribution in [0.25, 0.3) is 22.5 Å². The van der Waals surface area contributed by atoms with Gasteiger partial charge in [-0.25, -0.2) is 0 Å². The summed E-state index contributed by atoms with van der Waals surface area (Å²) in [6.45, 7) is 3.56. The second-order valence-corrected chi connectivity index (χ2v) is 12.3. The lowest BCUT2D eigenvalue weighted by atomic mass is 9.81. The number of carbonyl (C=O) groups is 3. The molecule has 6 N–H and O–H groups in total. The van der Waals surface area contributed by atoms with E-state index in [0.29, 0.717) is 49.0 Å². The fraction of sp³-hybridized carbons (Fsp3) is 0.371. The molecule has 1 aromatic heterocycles. The Balaban J connectivity index is 0.00000451. The van der Waals surface area contributed by atoms with Gasteiger partial charge in [0, 0.05) is 55.3 Å². The van der Waals surface area contributed by atoms with Gasteiger partial charge in [0.1, 0.15) is 6.04 Å². The van der Waals surface area contributed by atoms with E-state index in [9.17, 15) is 14.4 Å². The van der Waals surface area contributed by atoms with Crippen molar-refractivity contribution in [1.82, 2.24) is 36.2 Å². The molecular formula is C35H42ClN9O3. The molecule has 2 aliphatic rings. The van der Waals surface area contributed by atoms with Crippen LogP contribution in [0.3, 0.4) is 0 Å². The van der Waals surface area contributed by atoms with Gasteiger partial charge in [-0.05, 0) is 90.4 Å². The average molecular weight is 672 g/mol. The first-order chi connectivity index (χ1) is 23.0. The summed E-state index contributed by atoms with van der Waals surface area (Å²) in [6.07, 6.45) is 3.66. The molecule has 13 heteroatoms. The van der Waals surface area contributed by atoms with E-state index in [4.69, 9.17) is 5.73 Å². The van der Waals surface area contributed by atoms with Crippen molar-refractivity contribution in [2.75, 3.05) is 38.0 Å². The van der Waals surface area contributed by atoms with Crippen LogP contribution in [0.5, 0.6) is 0 Å². The van der Waals surface area contributed by atoms with Crippen molar-refractivity contribution in [3.63, 3.8) is 0 Å². The van der Waals surface area contributed by atoms with Gasteiger partial charge in [0.15, 0.2) is 0 Å². The summed E-state index contributed by atoms with van der Waals surface area (Å²) in [4.78, 5) is 42.4. The second-order valence-electron chi connectivity index (χ2n) is 12.3. The number of nitrogens with one attached hydrogen (secondary N) is 4. The number of hydrogen-bond donors (Lipinski definition) is 5. The Hall–Kier alpha value is -4.65. The largest absolute Gasteiger partial charge is 0.344 e. The number of piperazine rings is 1. The second kappa shape index (κ2) is 16.4. The molecule has 1 aliphatic heterocycles. The van der Waals surface area contributed by atoms with Crippen molar-refractivity contribution in [1.29, 1.82) is 0 Å². The number of benzene rings is 3. The maximum atomic E-state index is 13.7. The fourth-order valence-corrected chi connectivity index (χ4v) is 6.39. The zero-order chi connectivity index (χ0) is 32.6. The van der Waals surface area contributed by atoms with Gasteiger partial charge in [0.2, 0.25) is 17.6 Å². The molecule has 1 aliphatic carbocycles. The SMILES string of the molecule is Cl.NCC1CCC(C(=O)N[C@@H](Cc2ccc(-c3ccccc3C(=O)N3CCNCC3)cc2)C(=O)Nc2ccc(-c3nn[nH]n3)cc2)CC1. The third-order valence-corrected chi connectivity index (χ3v) is 9.21. The van der Waals surface area contributed by atoms with E-state index < -0.39 is 6.04 Å². The first-order valence-electron chi connectivity index (χ1n) is 16.3. The van der Waals surface area contributed by atoms with Crippen LogP contribution in [0.15, 0.2) is 72.8 Å². The number of aromatic amines is 1. The summed E-state index contributed by atoms with van der Waals surface area (Å²) in [5, 5.41) is 23.3. The maximum Gasteiger partial charge on any atom is 0.254 e. The van der Waals surface area contributed by atoms with Gasteiger partial charge in [-0.1, -0.05) is 42.5 Å². The molecule has 1 atom stereocenters. The van der Waals surface area contributed by atoms with Crippen molar-refractivity contribution in [2.24, 2.45) is 17.6 Å². The first kappa shape index (κ1) is 34.7. The van der Waals surface area contributed by atoms with Gasteiger partial charge in [-0.2, -0.15) is 5.21 Å². The van der Waals surface area contributed by atoms with Crippen molar-refractivity contribution in [3.8, 4) is 22.5 Å². The van der Waals surface area contributed by atoms with Gasteiger partial charge in [-0.15, -0.1) is 22.6 Å². The van der Waals surface area contributed by atoms with Crippen LogP contribution in [0, 0.1) is 11.8 Å². The topological polar surface area (TPSA) is 171 Å². The highest BCUT2D eigenvalue weighted by molar-refractivity contribution is 6.01. The lowest BCUT2D eigenvalue weighted by Gasteiger charge is -2.28. The van der Waals surface area contributed by atoms with Crippen LogP contribution in [0.4, 0.5) is 5.69 Å². The Kier molecular flexibility index (Phi) is 11.9. The number of anilines is 1. The van der Waals surface area contributed by atoms with E-state index in [0.717, 1.165) is 61.0 Å². The molecular weight excluding hydrogens is 630 g/mol. The van der Waals surface area contributed by atoms with Crippen LogP contribution < -0.4 is 21.7 Å².